The Morgan fingerprint density at radius 1 is 1.29 bits per heavy atom. The largest absolute Gasteiger partial charge is 0.481 e. The molecule has 24 heavy (non-hydrogen) atoms. The van der Waals surface area contributed by atoms with Crippen LogP contribution in [0.1, 0.15) is 25.8 Å². The number of nitrogens with one attached hydrogen (secondary N) is 1. The molecule has 1 fully saturated rings. The molecule has 0 radical (unpaired) electrons. The van der Waals surface area contributed by atoms with E-state index in [1.807, 2.05) is 0 Å². The smallest absolute Gasteiger partial charge is 0.317 e. The van der Waals surface area contributed by atoms with Crippen LogP contribution < -0.4 is 5.32 Å². The van der Waals surface area contributed by atoms with E-state index >= 15 is 0 Å². The quantitative estimate of drug-likeness (QED) is 0.834. The third-order valence-corrected chi connectivity index (χ3v) is 6.13. The van der Waals surface area contributed by atoms with E-state index < -0.39 is 21.2 Å². The van der Waals surface area contributed by atoms with Crippen LogP contribution in [0.3, 0.4) is 0 Å². The number of rotatable bonds is 5. The number of benzene rings is 1. The summed E-state index contributed by atoms with van der Waals surface area (Å²) in [6, 6.07) is 6.06. The highest BCUT2D eigenvalue weighted by atomic mass is 32.2. The van der Waals surface area contributed by atoms with Gasteiger partial charge in [-0.15, -0.1) is 0 Å². The van der Waals surface area contributed by atoms with Gasteiger partial charge in [0, 0.05) is 19.6 Å². The molecule has 2 N–H and O–H groups in total. The van der Waals surface area contributed by atoms with E-state index in [4.69, 9.17) is 0 Å². The fourth-order valence-corrected chi connectivity index (χ4v) is 3.46. The van der Waals surface area contributed by atoms with Crippen molar-refractivity contribution in [2.24, 2.45) is 5.41 Å². The zero-order valence-corrected chi connectivity index (χ0v) is 14.6. The molecule has 132 valence electrons. The Bertz CT molecular complexity index is 729. The van der Waals surface area contributed by atoms with Crippen molar-refractivity contribution in [2.75, 3.05) is 18.8 Å². The number of aliphatic carboxylic acids is 1. The molecule has 0 saturated carbocycles. The maximum atomic E-state index is 12.1. The molecule has 1 aromatic carbocycles. The summed E-state index contributed by atoms with van der Waals surface area (Å²) in [5, 5.41) is 11.9. The molecule has 1 saturated heterocycles. The van der Waals surface area contributed by atoms with Gasteiger partial charge in [0.2, 0.25) is 0 Å². The van der Waals surface area contributed by atoms with Crippen LogP contribution in [-0.2, 0) is 21.2 Å². The normalized spacial score (nSPS) is 20.8. The summed E-state index contributed by atoms with van der Waals surface area (Å²) in [7, 11) is -3.23. The number of carboxylic acid groups (broad SMARTS) is 1. The number of hydrogen-bond donors (Lipinski definition) is 2. The van der Waals surface area contributed by atoms with Crippen molar-refractivity contribution in [1.82, 2.24) is 10.2 Å². The molecule has 0 bridgehead atoms. The number of carboxylic acids is 1. The van der Waals surface area contributed by atoms with Gasteiger partial charge in [-0.1, -0.05) is 19.1 Å². The molecular formula is C16H22N2O5S. The van der Waals surface area contributed by atoms with Crippen molar-refractivity contribution in [3.8, 4) is 0 Å². The van der Waals surface area contributed by atoms with E-state index in [1.54, 1.807) is 26.0 Å². The molecule has 1 aromatic rings. The Kier molecular flexibility index (Phi) is 5.17. The predicted octanol–water partition coefficient (Wildman–Crippen LogP) is 1.49. The minimum Gasteiger partial charge on any atom is -0.481 e. The summed E-state index contributed by atoms with van der Waals surface area (Å²) in [6.07, 6.45) is 0.430. The number of urea groups is 1. The first-order valence-corrected chi connectivity index (χ1v) is 9.41. The highest BCUT2D eigenvalue weighted by Gasteiger charge is 2.42. The van der Waals surface area contributed by atoms with Crippen LogP contribution in [0.5, 0.6) is 0 Å². The van der Waals surface area contributed by atoms with E-state index in [9.17, 15) is 23.1 Å². The van der Waals surface area contributed by atoms with Gasteiger partial charge in [0.1, 0.15) is 0 Å². The maximum absolute atomic E-state index is 12.1. The van der Waals surface area contributed by atoms with Gasteiger partial charge in [0.25, 0.3) is 0 Å². The summed E-state index contributed by atoms with van der Waals surface area (Å²) in [5.74, 6) is -0.856. The van der Waals surface area contributed by atoms with Gasteiger partial charge in [0.15, 0.2) is 9.84 Å². The van der Waals surface area contributed by atoms with Gasteiger partial charge in [0.05, 0.1) is 16.1 Å². The molecular weight excluding hydrogens is 332 g/mol. The van der Waals surface area contributed by atoms with Crippen molar-refractivity contribution >= 4 is 21.8 Å². The highest BCUT2D eigenvalue weighted by Crippen LogP contribution is 2.30. The van der Waals surface area contributed by atoms with Crippen molar-refractivity contribution in [2.45, 2.75) is 31.7 Å². The molecule has 1 heterocycles. The lowest BCUT2D eigenvalue weighted by molar-refractivity contribution is -0.147. The van der Waals surface area contributed by atoms with Gasteiger partial charge in [-0.25, -0.2) is 13.2 Å². The Morgan fingerprint density at radius 3 is 2.42 bits per heavy atom. The average Bonchev–Trinajstić information content (AvgIpc) is 2.97. The van der Waals surface area contributed by atoms with E-state index in [-0.39, 0.29) is 29.8 Å². The van der Waals surface area contributed by atoms with Crippen LogP contribution in [0.15, 0.2) is 29.2 Å². The number of nitrogens with zero attached hydrogens (tertiary/aromatic N) is 1. The second kappa shape index (κ2) is 6.80. The van der Waals surface area contributed by atoms with Crippen LogP contribution in [0.2, 0.25) is 0 Å². The molecule has 1 aliphatic rings. The summed E-state index contributed by atoms with van der Waals surface area (Å²) in [5.41, 5.74) is -0.119. The Morgan fingerprint density at radius 2 is 1.92 bits per heavy atom. The zero-order valence-electron chi connectivity index (χ0n) is 13.8. The summed E-state index contributed by atoms with van der Waals surface area (Å²) in [6.45, 7) is 4.07. The Labute approximate surface area is 141 Å². The molecule has 0 spiro atoms. The van der Waals surface area contributed by atoms with Gasteiger partial charge in [-0.2, -0.15) is 0 Å². The lowest BCUT2D eigenvalue weighted by Crippen LogP contribution is -2.40. The first kappa shape index (κ1) is 18.3. The molecule has 2 amide bonds. The number of likely N-dealkylation sites (tertiary alicyclic amines) is 1. The standard InChI is InChI=1S/C16H22N2O5S/c1-3-24(22,23)13-6-4-12(5-7-13)10-17-15(21)18-9-8-16(2,11-18)14(19)20/h4-7H,3,8-11H2,1-2H3,(H,17,21)(H,19,20). The average molecular weight is 354 g/mol. The molecule has 0 aliphatic carbocycles. The van der Waals surface area contributed by atoms with Crippen molar-refractivity contribution in [1.29, 1.82) is 0 Å². The lowest BCUT2D eigenvalue weighted by Gasteiger charge is -2.20. The molecule has 1 atom stereocenters. The molecule has 0 aromatic heterocycles. The minimum atomic E-state index is -3.23. The third-order valence-electron chi connectivity index (χ3n) is 4.38. The van der Waals surface area contributed by atoms with Crippen molar-refractivity contribution < 1.29 is 23.1 Å². The van der Waals surface area contributed by atoms with E-state index in [1.165, 1.54) is 17.0 Å². The minimum absolute atomic E-state index is 0.0421. The fourth-order valence-electron chi connectivity index (χ4n) is 2.58. The first-order valence-electron chi connectivity index (χ1n) is 7.76. The summed E-state index contributed by atoms with van der Waals surface area (Å²) < 4.78 is 23.5. The highest BCUT2D eigenvalue weighted by molar-refractivity contribution is 7.91. The van der Waals surface area contributed by atoms with E-state index in [2.05, 4.69) is 5.32 Å². The topological polar surface area (TPSA) is 104 Å². The Hall–Kier alpha value is -2.09. The van der Waals surface area contributed by atoms with Gasteiger partial charge < -0.3 is 15.3 Å². The monoisotopic (exact) mass is 354 g/mol. The van der Waals surface area contributed by atoms with Crippen LogP contribution in [0.4, 0.5) is 4.79 Å². The van der Waals surface area contributed by atoms with Gasteiger partial charge >= 0.3 is 12.0 Å². The number of carbonyl (C=O) groups excluding carboxylic acids is 1. The van der Waals surface area contributed by atoms with Crippen LogP contribution in [0.25, 0.3) is 0 Å². The zero-order chi connectivity index (χ0) is 18.0. The van der Waals surface area contributed by atoms with Gasteiger partial charge in [-0.05, 0) is 31.0 Å². The predicted molar refractivity (Wildman–Crippen MR) is 88.3 cm³/mol. The summed E-state index contributed by atoms with van der Waals surface area (Å²) >= 11 is 0. The lowest BCUT2D eigenvalue weighted by atomic mass is 9.90. The number of amides is 2. The molecule has 1 unspecified atom stereocenters. The first-order chi connectivity index (χ1) is 11.2. The third kappa shape index (κ3) is 3.87. The van der Waals surface area contributed by atoms with Crippen LogP contribution in [0, 0.1) is 5.41 Å². The second-order valence-electron chi connectivity index (χ2n) is 6.24. The number of sulfone groups is 1. The molecule has 8 heteroatoms. The molecule has 2 rings (SSSR count). The molecule has 1 aliphatic heterocycles. The van der Waals surface area contributed by atoms with Gasteiger partial charge in [-0.3, -0.25) is 4.79 Å². The van der Waals surface area contributed by atoms with Crippen molar-refractivity contribution in [3.63, 3.8) is 0 Å². The summed E-state index contributed by atoms with van der Waals surface area (Å²) in [4.78, 5) is 25.1. The van der Waals surface area contributed by atoms with E-state index in [0.29, 0.717) is 13.0 Å². The van der Waals surface area contributed by atoms with Crippen molar-refractivity contribution in [3.05, 3.63) is 29.8 Å². The number of hydrogen-bond acceptors (Lipinski definition) is 4. The fraction of sp³-hybridized carbons (Fsp3) is 0.500. The second-order valence-corrected chi connectivity index (χ2v) is 8.52. The SMILES string of the molecule is CCS(=O)(=O)c1ccc(CNC(=O)N2CCC(C)(C(=O)O)C2)cc1. The number of carbonyl (C=O) groups is 2. The van der Waals surface area contributed by atoms with Crippen LogP contribution in [-0.4, -0.2) is 49.3 Å². The van der Waals surface area contributed by atoms with E-state index in [0.717, 1.165) is 5.56 Å². The maximum Gasteiger partial charge on any atom is 0.317 e. The van der Waals surface area contributed by atoms with Crippen LogP contribution >= 0.6 is 0 Å². The Balaban J connectivity index is 1.92. The molecule has 7 nitrogen and oxygen atoms in total.